The minimum absolute atomic E-state index is 0.0168. The van der Waals surface area contributed by atoms with Gasteiger partial charge in [0.15, 0.2) is 4.73 Å². The van der Waals surface area contributed by atoms with E-state index in [2.05, 4.69) is 71.8 Å². The Hall–Kier alpha value is -1.22. The predicted molar refractivity (Wildman–Crippen MR) is 78.6 cm³/mol. The van der Waals surface area contributed by atoms with Crippen LogP contribution in [0.3, 0.4) is 0 Å². The molecule has 0 aliphatic heterocycles. The molecule has 1 heterocycles. The van der Waals surface area contributed by atoms with Crippen LogP contribution >= 0.6 is 15.9 Å². The third-order valence-corrected chi connectivity index (χ3v) is 3.24. The maximum atomic E-state index is 4.48. The standard InChI is InChI=1S/C15H17BrN2/c1-10-7-5-6-8-11(10)12-9-13(15(2,3)4)18-14(16)17-12/h5-9H,1-4H3. The van der Waals surface area contributed by atoms with E-state index in [-0.39, 0.29) is 5.41 Å². The summed E-state index contributed by atoms with van der Waals surface area (Å²) in [5, 5.41) is 0. The average Bonchev–Trinajstić information content (AvgIpc) is 2.27. The second kappa shape index (κ2) is 4.81. The molecule has 0 spiro atoms. The van der Waals surface area contributed by atoms with Gasteiger partial charge in [-0.3, -0.25) is 0 Å². The van der Waals surface area contributed by atoms with Gasteiger partial charge in [0.2, 0.25) is 0 Å². The van der Waals surface area contributed by atoms with Crippen LogP contribution in [0.1, 0.15) is 32.0 Å². The lowest BCUT2D eigenvalue weighted by molar-refractivity contribution is 0.565. The number of rotatable bonds is 1. The molecule has 2 aromatic rings. The summed E-state index contributed by atoms with van der Waals surface area (Å²) >= 11 is 3.41. The number of halogens is 1. The Balaban J connectivity index is 2.60. The second-order valence-electron chi connectivity index (χ2n) is 5.47. The summed E-state index contributed by atoms with van der Waals surface area (Å²) < 4.78 is 0.646. The summed E-state index contributed by atoms with van der Waals surface area (Å²) in [6.07, 6.45) is 0. The zero-order chi connectivity index (χ0) is 13.3. The molecule has 94 valence electrons. The molecule has 0 bridgehead atoms. The van der Waals surface area contributed by atoms with Crippen molar-refractivity contribution in [1.29, 1.82) is 0 Å². The lowest BCUT2D eigenvalue weighted by Crippen LogP contribution is -2.14. The fourth-order valence-corrected chi connectivity index (χ4v) is 2.18. The van der Waals surface area contributed by atoms with Gasteiger partial charge in [-0.2, -0.15) is 0 Å². The molecule has 1 aromatic heterocycles. The summed E-state index contributed by atoms with van der Waals surface area (Å²) in [7, 11) is 0. The van der Waals surface area contributed by atoms with Gasteiger partial charge in [-0.25, -0.2) is 9.97 Å². The van der Waals surface area contributed by atoms with Gasteiger partial charge >= 0.3 is 0 Å². The van der Waals surface area contributed by atoms with Crippen molar-refractivity contribution in [1.82, 2.24) is 9.97 Å². The lowest BCUT2D eigenvalue weighted by Gasteiger charge is -2.18. The molecule has 0 aliphatic rings. The van der Waals surface area contributed by atoms with Crippen molar-refractivity contribution < 1.29 is 0 Å². The van der Waals surface area contributed by atoms with Crippen LogP contribution in [0.4, 0.5) is 0 Å². The number of hydrogen-bond donors (Lipinski definition) is 0. The zero-order valence-electron chi connectivity index (χ0n) is 11.2. The van der Waals surface area contributed by atoms with E-state index in [0.29, 0.717) is 4.73 Å². The van der Waals surface area contributed by atoms with Gasteiger partial charge in [-0.05, 0) is 34.5 Å². The third kappa shape index (κ3) is 2.78. The van der Waals surface area contributed by atoms with E-state index in [1.165, 1.54) is 5.56 Å². The molecule has 0 atom stereocenters. The molecule has 3 heteroatoms. The fraction of sp³-hybridized carbons (Fsp3) is 0.333. The van der Waals surface area contributed by atoms with E-state index in [4.69, 9.17) is 0 Å². The highest BCUT2D eigenvalue weighted by Gasteiger charge is 2.18. The monoisotopic (exact) mass is 304 g/mol. The lowest BCUT2D eigenvalue weighted by atomic mass is 9.91. The Labute approximate surface area is 117 Å². The number of aryl methyl sites for hydroxylation is 1. The topological polar surface area (TPSA) is 25.8 Å². The number of benzene rings is 1. The van der Waals surface area contributed by atoms with Crippen LogP contribution in [0, 0.1) is 6.92 Å². The Kier molecular flexibility index (Phi) is 3.53. The first-order chi connectivity index (χ1) is 8.38. The van der Waals surface area contributed by atoms with Gasteiger partial charge < -0.3 is 0 Å². The second-order valence-corrected chi connectivity index (χ2v) is 6.18. The SMILES string of the molecule is Cc1ccccc1-c1cc(C(C)(C)C)nc(Br)n1. The molecule has 1 aromatic carbocycles. The van der Waals surface area contributed by atoms with Crippen molar-refractivity contribution in [3.8, 4) is 11.3 Å². The summed E-state index contributed by atoms with van der Waals surface area (Å²) in [5.41, 5.74) is 4.42. The minimum atomic E-state index is 0.0168. The van der Waals surface area contributed by atoms with E-state index < -0.39 is 0 Å². The van der Waals surface area contributed by atoms with Crippen molar-refractivity contribution in [3.05, 3.63) is 46.3 Å². The van der Waals surface area contributed by atoms with E-state index in [1.54, 1.807) is 0 Å². The average molecular weight is 305 g/mol. The van der Waals surface area contributed by atoms with E-state index >= 15 is 0 Å². The summed E-state index contributed by atoms with van der Waals surface area (Å²) in [5.74, 6) is 0. The molecule has 0 unspecified atom stereocenters. The quantitative estimate of drug-likeness (QED) is 0.724. The zero-order valence-corrected chi connectivity index (χ0v) is 12.7. The van der Waals surface area contributed by atoms with Crippen molar-refractivity contribution in [2.24, 2.45) is 0 Å². The first-order valence-corrected chi connectivity index (χ1v) is 6.78. The number of aromatic nitrogens is 2. The normalized spacial score (nSPS) is 11.6. The van der Waals surface area contributed by atoms with Crippen LogP contribution in [-0.4, -0.2) is 9.97 Å². The van der Waals surface area contributed by atoms with Crippen LogP contribution < -0.4 is 0 Å². The molecule has 0 fully saturated rings. The van der Waals surface area contributed by atoms with Crippen LogP contribution in [0.15, 0.2) is 35.1 Å². The van der Waals surface area contributed by atoms with E-state index in [1.807, 2.05) is 12.1 Å². The van der Waals surface area contributed by atoms with Crippen molar-refractivity contribution in [2.75, 3.05) is 0 Å². The maximum absolute atomic E-state index is 4.48. The Morgan fingerprint density at radius 3 is 2.33 bits per heavy atom. The van der Waals surface area contributed by atoms with Crippen molar-refractivity contribution in [2.45, 2.75) is 33.1 Å². The fourth-order valence-electron chi connectivity index (χ4n) is 1.80. The number of nitrogens with zero attached hydrogens (tertiary/aromatic N) is 2. The van der Waals surface area contributed by atoms with Crippen LogP contribution in [0.5, 0.6) is 0 Å². The van der Waals surface area contributed by atoms with Gasteiger partial charge in [0.25, 0.3) is 0 Å². The molecule has 0 radical (unpaired) electrons. The molecule has 2 nitrogen and oxygen atoms in total. The summed E-state index contributed by atoms with van der Waals surface area (Å²) in [4.78, 5) is 8.95. The smallest absolute Gasteiger partial charge is 0.197 e. The van der Waals surface area contributed by atoms with Gasteiger partial charge in [-0.15, -0.1) is 0 Å². The summed E-state index contributed by atoms with van der Waals surface area (Å²) in [6.45, 7) is 8.57. The molecular weight excluding hydrogens is 288 g/mol. The largest absolute Gasteiger partial charge is 0.227 e. The first-order valence-electron chi connectivity index (χ1n) is 5.99. The Morgan fingerprint density at radius 2 is 1.72 bits per heavy atom. The molecule has 0 saturated heterocycles. The molecule has 0 saturated carbocycles. The molecule has 0 aliphatic carbocycles. The molecule has 0 N–H and O–H groups in total. The molecule has 18 heavy (non-hydrogen) atoms. The highest BCUT2D eigenvalue weighted by molar-refractivity contribution is 9.10. The van der Waals surface area contributed by atoms with E-state index in [0.717, 1.165) is 17.0 Å². The number of hydrogen-bond acceptors (Lipinski definition) is 2. The predicted octanol–water partition coefficient (Wildman–Crippen LogP) is 4.51. The minimum Gasteiger partial charge on any atom is -0.227 e. The Morgan fingerprint density at radius 1 is 1.06 bits per heavy atom. The van der Waals surface area contributed by atoms with Gasteiger partial charge in [0.1, 0.15) is 0 Å². The highest BCUT2D eigenvalue weighted by Crippen LogP contribution is 2.27. The van der Waals surface area contributed by atoms with Crippen molar-refractivity contribution >= 4 is 15.9 Å². The van der Waals surface area contributed by atoms with E-state index in [9.17, 15) is 0 Å². The van der Waals surface area contributed by atoms with Gasteiger partial charge in [0, 0.05) is 11.0 Å². The molecule has 0 amide bonds. The van der Waals surface area contributed by atoms with Crippen LogP contribution in [0.2, 0.25) is 0 Å². The third-order valence-electron chi connectivity index (χ3n) is 2.89. The first kappa shape index (κ1) is 13.2. The summed E-state index contributed by atoms with van der Waals surface area (Å²) in [6, 6.07) is 10.3. The van der Waals surface area contributed by atoms with Crippen LogP contribution in [-0.2, 0) is 5.41 Å². The maximum Gasteiger partial charge on any atom is 0.197 e. The van der Waals surface area contributed by atoms with Crippen LogP contribution in [0.25, 0.3) is 11.3 Å². The van der Waals surface area contributed by atoms with Gasteiger partial charge in [-0.1, -0.05) is 45.0 Å². The molecular formula is C15H17BrN2. The molecule has 2 rings (SSSR count). The highest BCUT2D eigenvalue weighted by atomic mass is 79.9. The Bertz CT molecular complexity index is 571. The van der Waals surface area contributed by atoms with Crippen molar-refractivity contribution in [3.63, 3.8) is 0 Å². The van der Waals surface area contributed by atoms with Gasteiger partial charge in [0.05, 0.1) is 11.4 Å².